The maximum atomic E-state index is 12.0. The van der Waals surface area contributed by atoms with Crippen molar-refractivity contribution in [2.75, 3.05) is 37.5 Å². The van der Waals surface area contributed by atoms with Crippen LogP contribution in [0.3, 0.4) is 0 Å². The number of aromatic nitrogens is 1. The molecule has 0 bridgehead atoms. The van der Waals surface area contributed by atoms with E-state index >= 15 is 0 Å². The molecule has 2 heterocycles. The third-order valence-corrected chi connectivity index (χ3v) is 3.97. The van der Waals surface area contributed by atoms with Gasteiger partial charge in [-0.25, -0.2) is 4.79 Å². The number of nitrogens with zero attached hydrogens (tertiary/aromatic N) is 3. The number of nitrogen functional groups attached to an aromatic ring is 1. The first-order valence-corrected chi connectivity index (χ1v) is 7.54. The average Bonchev–Trinajstić information content (AvgIpc) is 2.98. The first kappa shape index (κ1) is 16.5. The lowest BCUT2D eigenvalue weighted by Crippen LogP contribution is -2.41. The van der Waals surface area contributed by atoms with Gasteiger partial charge in [-0.2, -0.15) is 5.26 Å². The fourth-order valence-electron chi connectivity index (χ4n) is 2.70. The van der Waals surface area contributed by atoms with Gasteiger partial charge in [0.05, 0.1) is 25.0 Å². The molecule has 1 saturated heterocycles. The Hall–Kier alpha value is -3.31. The average molecular weight is 340 g/mol. The summed E-state index contributed by atoms with van der Waals surface area (Å²) in [7, 11) is 1.25. The fraction of sp³-hybridized carbons (Fsp3) is 0.235. The van der Waals surface area contributed by atoms with E-state index in [4.69, 9.17) is 20.5 Å². The molecule has 1 aliphatic rings. The number of benzene rings is 1. The van der Waals surface area contributed by atoms with Crippen LogP contribution in [0.15, 0.2) is 30.5 Å². The third kappa shape index (κ3) is 2.93. The first-order chi connectivity index (χ1) is 12.1. The standard InChI is InChI=1S/C17H16N4O4/c1-24-17(23)16-15(19)11(8-18)9-21(16)13-4-2-12(3-5-13)20-6-7-25-10-14(20)22/h2-5,9H,6-7,10,19H2,1H3. The van der Waals surface area contributed by atoms with Crippen LogP contribution < -0.4 is 10.6 Å². The normalized spacial score (nSPS) is 14.2. The minimum Gasteiger partial charge on any atom is -0.464 e. The Balaban J connectivity index is 1.99. The zero-order chi connectivity index (χ0) is 18.0. The zero-order valence-electron chi connectivity index (χ0n) is 13.6. The number of carbonyl (C=O) groups excluding carboxylic acids is 2. The van der Waals surface area contributed by atoms with Crippen LogP contribution in [0.2, 0.25) is 0 Å². The van der Waals surface area contributed by atoms with Crippen molar-refractivity contribution in [1.29, 1.82) is 5.26 Å². The lowest BCUT2D eigenvalue weighted by molar-refractivity contribution is -0.125. The molecule has 0 unspecified atom stereocenters. The van der Waals surface area contributed by atoms with E-state index in [9.17, 15) is 9.59 Å². The third-order valence-electron chi connectivity index (χ3n) is 3.97. The van der Waals surface area contributed by atoms with Gasteiger partial charge in [-0.15, -0.1) is 0 Å². The first-order valence-electron chi connectivity index (χ1n) is 7.54. The van der Waals surface area contributed by atoms with E-state index in [-0.39, 0.29) is 29.5 Å². The minimum absolute atomic E-state index is 0.0634. The highest BCUT2D eigenvalue weighted by Crippen LogP contribution is 2.26. The van der Waals surface area contributed by atoms with Crippen molar-refractivity contribution in [2.45, 2.75) is 0 Å². The van der Waals surface area contributed by atoms with E-state index in [1.807, 2.05) is 6.07 Å². The lowest BCUT2D eigenvalue weighted by atomic mass is 10.2. The molecular formula is C17H16N4O4. The number of anilines is 2. The summed E-state index contributed by atoms with van der Waals surface area (Å²) in [5.74, 6) is -0.738. The number of esters is 1. The van der Waals surface area contributed by atoms with Gasteiger partial charge in [0.1, 0.15) is 12.7 Å². The van der Waals surface area contributed by atoms with E-state index in [0.29, 0.717) is 18.8 Å². The predicted molar refractivity (Wildman–Crippen MR) is 89.4 cm³/mol. The molecule has 0 spiro atoms. The Labute approximate surface area is 143 Å². The summed E-state index contributed by atoms with van der Waals surface area (Å²) in [5, 5.41) is 9.15. The summed E-state index contributed by atoms with van der Waals surface area (Å²) in [6, 6.07) is 8.97. The van der Waals surface area contributed by atoms with Crippen molar-refractivity contribution < 1.29 is 19.1 Å². The molecular weight excluding hydrogens is 324 g/mol. The second kappa shape index (κ2) is 6.67. The molecule has 1 amide bonds. The van der Waals surface area contributed by atoms with Crippen molar-refractivity contribution in [3.05, 3.63) is 41.7 Å². The summed E-state index contributed by atoms with van der Waals surface area (Å²) in [5.41, 5.74) is 7.59. The second-order valence-electron chi connectivity index (χ2n) is 5.39. The monoisotopic (exact) mass is 340 g/mol. The van der Waals surface area contributed by atoms with Crippen LogP contribution in [0.4, 0.5) is 11.4 Å². The number of hydrogen-bond acceptors (Lipinski definition) is 6. The van der Waals surface area contributed by atoms with E-state index in [2.05, 4.69) is 0 Å². The van der Waals surface area contributed by atoms with Crippen molar-refractivity contribution in [3.8, 4) is 11.8 Å². The quantitative estimate of drug-likeness (QED) is 0.837. The topological polar surface area (TPSA) is 111 Å². The maximum Gasteiger partial charge on any atom is 0.357 e. The highest BCUT2D eigenvalue weighted by Gasteiger charge is 2.23. The fourth-order valence-corrected chi connectivity index (χ4v) is 2.70. The molecule has 1 aromatic heterocycles. The molecule has 1 fully saturated rings. The van der Waals surface area contributed by atoms with Gasteiger partial charge in [0, 0.05) is 24.1 Å². The Kier molecular flexibility index (Phi) is 4.41. The maximum absolute atomic E-state index is 12.0. The van der Waals surface area contributed by atoms with Crippen LogP contribution in [-0.4, -0.2) is 43.3 Å². The van der Waals surface area contributed by atoms with Crippen LogP contribution in [-0.2, 0) is 14.3 Å². The molecule has 8 heteroatoms. The Bertz CT molecular complexity index is 864. The largest absolute Gasteiger partial charge is 0.464 e. The van der Waals surface area contributed by atoms with Crippen LogP contribution in [0, 0.1) is 11.3 Å². The number of morpholine rings is 1. The molecule has 1 aliphatic heterocycles. The summed E-state index contributed by atoms with van der Waals surface area (Å²) in [6.45, 7) is 1.04. The second-order valence-corrected chi connectivity index (χ2v) is 5.39. The molecule has 0 radical (unpaired) electrons. The predicted octanol–water partition coefficient (Wildman–Crippen LogP) is 1.08. The molecule has 2 aromatic rings. The Morgan fingerprint density at radius 1 is 1.32 bits per heavy atom. The van der Waals surface area contributed by atoms with Gasteiger partial charge in [0.15, 0.2) is 5.69 Å². The number of ether oxygens (including phenoxy) is 2. The number of amides is 1. The molecule has 8 nitrogen and oxygen atoms in total. The summed E-state index contributed by atoms with van der Waals surface area (Å²) in [6.07, 6.45) is 1.48. The highest BCUT2D eigenvalue weighted by molar-refractivity contribution is 5.96. The van der Waals surface area contributed by atoms with Crippen LogP contribution in [0.5, 0.6) is 0 Å². The van der Waals surface area contributed by atoms with Gasteiger partial charge < -0.3 is 24.7 Å². The Morgan fingerprint density at radius 3 is 2.60 bits per heavy atom. The highest BCUT2D eigenvalue weighted by atomic mass is 16.5. The van der Waals surface area contributed by atoms with Crippen molar-refractivity contribution in [2.24, 2.45) is 0 Å². The van der Waals surface area contributed by atoms with E-state index in [1.54, 1.807) is 29.2 Å². The van der Waals surface area contributed by atoms with Gasteiger partial charge in [0.25, 0.3) is 5.91 Å². The smallest absolute Gasteiger partial charge is 0.357 e. The number of nitriles is 1. The van der Waals surface area contributed by atoms with Gasteiger partial charge in [-0.3, -0.25) is 4.79 Å². The number of carbonyl (C=O) groups is 2. The van der Waals surface area contributed by atoms with Gasteiger partial charge in [-0.05, 0) is 24.3 Å². The molecule has 0 saturated carbocycles. The molecule has 1 aromatic carbocycles. The van der Waals surface area contributed by atoms with E-state index < -0.39 is 5.97 Å². The summed E-state index contributed by atoms with van der Waals surface area (Å²) >= 11 is 0. The van der Waals surface area contributed by atoms with E-state index in [1.165, 1.54) is 17.9 Å². The van der Waals surface area contributed by atoms with Crippen LogP contribution >= 0.6 is 0 Å². The van der Waals surface area contributed by atoms with Crippen LogP contribution in [0.1, 0.15) is 16.1 Å². The Morgan fingerprint density at radius 2 is 2.00 bits per heavy atom. The number of nitrogens with two attached hydrogens (primary N) is 1. The molecule has 2 N–H and O–H groups in total. The number of methoxy groups -OCH3 is 1. The molecule has 128 valence electrons. The van der Waals surface area contributed by atoms with Crippen molar-refractivity contribution in [3.63, 3.8) is 0 Å². The van der Waals surface area contributed by atoms with Gasteiger partial charge in [0.2, 0.25) is 0 Å². The number of hydrogen-bond donors (Lipinski definition) is 1. The van der Waals surface area contributed by atoms with Gasteiger partial charge >= 0.3 is 5.97 Å². The summed E-state index contributed by atoms with van der Waals surface area (Å²) < 4.78 is 11.4. The lowest BCUT2D eigenvalue weighted by Gasteiger charge is -2.27. The minimum atomic E-state index is -0.633. The van der Waals surface area contributed by atoms with Crippen molar-refractivity contribution in [1.82, 2.24) is 4.57 Å². The van der Waals surface area contributed by atoms with Gasteiger partial charge in [-0.1, -0.05) is 0 Å². The number of rotatable bonds is 3. The zero-order valence-corrected chi connectivity index (χ0v) is 13.6. The molecule has 25 heavy (non-hydrogen) atoms. The SMILES string of the molecule is COC(=O)c1c(N)c(C#N)cn1-c1ccc(N2CCOCC2=O)cc1. The summed E-state index contributed by atoms with van der Waals surface area (Å²) in [4.78, 5) is 25.6. The molecule has 0 aliphatic carbocycles. The molecule has 3 rings (SSSR count). The van der Waals surface area contributed by atoms with Crippen LogP contribution in [0.25, 0.3) is 5.69 Å². The molecule has 0 atom stereocenters. The van der Waals surface area contributed by atoms with Crippen molar-refractivity contribution >= 4 is 23.3 Å². The van der Waals surface area contributed by atoms with E-state index in [0.717, 1.165) is 5.69 Å².